The summed E-state index contributed by atoms with van der Waals surface area (Å²) in [6, 6.07) is 5.99. The number of rotatable bonds is 5. The monoisotopic (exact) mass is 249 g/mol. The lowest BCUT2D eigenvalue weighted by Crippen LogP contribution is -2.32. The van der Waals surface area contributed by atoms with Gasteiger partial charge in [0.05, 0.1) is 10.5 Å². The molecule has 18 heavy (non-hydrogen) atoms. The van der Waals surface area contributed by atoms with Gasteiger partial charge < -0.3 is 10.4 Å². The van der Waals surface area contributed by atoms with Gasteiger partial charge in [-0.3, -0.25) is 10.1 Å². The van der Waals surface area contributed by atoms with Crippen LogP contribution in [0.2, 0.25) is 0 Å². The van der Waals surface area contributed by atoms with Crippen LogP contribution < -0.4 is 5.32 Å². The van der Waals surface area contributed by atoms with Crippen molar-refractivity contribution in [3.05, 3.63) is 33.9 Å². The largest absolute Gasteiger partial charge is 0.388 e. The predicted octanol–water partition coefficient (Wildman–Crippen LogP) is 2.04. The van der Waals surface area contributed by atoms with Gasteiger partial charge in [0.25, 0.3) is 5.69 Å². The van der Waals surface area contributed by atoms with Crippen LogP contribution >= 0.6 is 0 Å². The van der Waals surface area contributed by atoms with Crippen molar-refractivity contribution in [2.24, 2.45) is 0 Å². The van der Waals surface area contributed by atoms with E-state index in [4.69, 9.17) is 5.26 Å². The van der Waals surface area contributed by atoms with E-state index in [2.05, 4.69) is 5.32 Å². The number of nitro benzene ring substituents is 1. The molecule has 0 saturated heterocycles. The smallest absolute Gasteiger partial charge is 0.287 e. The summed E-state index contributed by atoms with van der Waals surface area (Å²) in [6.07, 6.45) is 0.581. The maximum atomic E-state index is 10.6. The van der Waals surface area contributed by atoms with Gasteiger partial charge in [-0.25, -0.2) is 0 Å². The van der Waals surface area contributed by atoms with Gasteiger partial charge in [-0.1, -0.05) is 6.92 Å². The average molecular weight is 249 g/mol. The van der Waals surface area contributed by atoms with E-state index >= 15 is 0 Å². The van der Waals surface area contributed by atoms with E-state index in [-0.39, 0.29) is 11.3 Å². The van der Waals surface area contributed by atoms with E-state index < -0.39 is 10.5 Å². The van der Waals surface area contributed by atoms with E-state index in [0.29, 0.717) is 18.7 Å². The van der Waals surface area contributed by atoms with Gasteiger partial charge in [0.2, 0.25) is 0 Å². The lowest BCUT2D eigenvalue weighted by Gasteiger charge is -2.22. The second kappa shape index (κ2) is 5.47. The molecule has 6 nitrogen and oxygen atoms in total. The van der Waals surface area contributed by atoms with E-state index in [0.717, 1.165) is 0 Å². The van der Waals surface area contributed by atoms with Gasteiger partial charge in [0.15, 0.2) is 0 Å². The molecule has 0 spiro atoms. The van der Waals surface area contributed by atoms with Crippen LogP contribution in [0.1, 0.15) is 25.8 Å². The third-order valence-electron chi connectivity index (χ3n) is 2.75. The number of nitrogens with one attached hydrogen (secondary N) is 1. The lowest BCUT2D eigenvalue weighted by molar-refractivity contribution is -0.385. The Morgan fingerprint density at radius 3 is 2.78 bits per heavy atom. The first-order valence-corrected chi connectivity index (χ1v) is 5.54. The number of nitrogens with zero attached hydrogens (tertiary/aromatic N) is 2. The van der Waals surface area contributed by atoms with Gasteiger partial charge in [0.1, 0.15) is 11.6 Å². The van der Waals surface area contributed by atoms with Gasteiger partial charge in [0, 0.05) is 18.3 Å². The molecule has 0 radical (unpaired) electrons. The number of benzene rings is 1. The third kappa shape index (κ3) is 3.43. The summed E-state index contributed by atoms with van der Waals surface area (Å²) in [5.74, 6) is 0. The Hall–Kier alpha value is -2.13. The van der Waals surface area contributed by atoms with Crippen molar-refractivity contribution >= 4 is 11.4 Å². The summed E-state index contributed by atoms with van der Waals surface area (Å²) < 4.78 is 0. The number of anilines is 1. The fourth-order valence-electron chi connectivity index (χ4n) is 1.31. The summed E-state index contributed by atoms with van der Waals surface area (Å²) in [5.41, 5.74) is -0.494. The van der Waals surface area contributed by atoms with E-state index in [1.165, 1.54) is 18.2 Å². The molecule has 1 aromatic rings. The molecule has 0 amide bonds. The Bertz CT molecular complexity index is 492. The highest BCUT2D eigenvalue weighted by molar-refractivity contribution is 5.58. The Morgan fingerprint density at radius 2 is 2.28 bits per heavy atom. The first-order valence-electron chi connectivity index (χ1n) is 5.54. The van der Waals surface area contributed by atoms with E-state index in [1.54, 1.807) is 13.0 Å². The summed E-state index contributed by atoms with van der Waals surface area (Å²) in [7, 11) is 0. The van der Waals surface area contributed by atoms with Crippen molar-refractivity contribution in [2.75, 3.05) is 11.9 Å². The minimum atomic E-state index is -0.853. The zero-order valence-electron chi connectivity index (χ0n) is 10.3. The molecule has 0 heterocycles. The molecule has 1 rings (SSSR count). The molecule has 0 aliphatic heterocycles. The van der Waals surface area contributed by atoms with Crippen LogP contribution in [0, 0.1) is 21.4 Å². The van der Waals surface area contributed by atoms with Gasteiger partial charge in [-0.05, 0) is 25.5 Å². The standard InChI is InChI=1S/C12H15N3O3/c1-3-12(2,16)8-14-10-4-5-11(15(17)18)9(6-10)7-13/h4-6,14,16H,3,8H2,1-2H3. The van der Waals surface area contributed by atoms with Gasteiger partial charge in [-0.2, -0.15) is 5.26 Å². The van der Waals surface area contributed by atoms with Crippen molar-refractivity contribution in [2.45, 2.75) is 25.9 Å². The summed E-state index contributed by atoms with van der Waals surface area (Å²) >= 11 is 0. The molecule has 0 saturated carbocycles. The van der Waals surface area contributed by atoms with E-state index in [9.17, 15) is 15.2 Å². The lowest BCUT2D eigenvalue weighted by atomic mass is 10.0. The third-order valence-corrected chi connectivity index (χ3v) is 2.75. The molecule has 0 bridgehead atoms. The van der Waals surface area contributed by atoms with Crippen LogP contribution in [0.15, 0.2) is 18.2 Å². The minimum Gasteiger partial charge on any atom is -0.388 e. The Balaban J connectivity index is 2.88. The second-order valence-corrected chi connectivity index (χ2v) is 4.30. The number of nitriles is 1. The molecule has 6 heteroatoms. The van der Waals surface area contributed by atoms with Crippen LogP contribution in [0.5, 0.6) is 0 Å². The maximum absolute atomic E-state index is 10.6. The fraction of sp³-hybridized carbons (Fsp3) is 0.417. The molecular formula is C12H15N3O3. The molecule has 1 atom stereocenters. The number of aliphatic hydroxyl groups is 1. The van der Waals surface area contributed by atoms with Crippen molar-refractivity contribution in [3.8, 4) is 6.07 Å². The maximum Gasteiger partial charge on any atom is 0.287 e. The van der Waals surface area contributed by atoms with E-state index in [1.807, 2.05) is 6.92 Å². The van der Waals surface area contributed by atoms with Crippen LogP contribution in [-0.2, 0) is 0 Å². The Labute approximate surface area is 105 Å². The number of hydrogen-bond donors (Lipinski definition) is 2. The molecule has 0 aliphatic carbocycles. The highest BCUT2D eigenvalue weighted by Crippen LogP contribution is 2.22. The van der Waals surface area contributed by atoms with Gasteiger partial charge >= 0.3 is 0 Å². The van der Waals surface area contributed by atoms with Crippen molar-refractivity contribution in [3.63, 3.8) is 0 Å². The molecule has 0 fully saturated rings. The average Bonchev–Trinajstić information content (AvgIpc) is 2.36. The first-order chi connectivity index (χ1) is 8.39. The van der Waals surface area contributed by atoms with Crippen LogP contribution in [0.25, 0.3) is 0 Å². The fourth-order valence-corrected chi connectivity index (χ4v) is 1.31. The van der Waals surface area contributed by atoms with Crippen molar-refractivity contribution in [1.82, 2.24) is 0 Å². The number of hydrogen-bond acceptors (Lipinski definition) is 5. The first kappa shape index (κ1) is 13.9. The number of nitro groups is 1. The highest BCUT2D eigenvalue weighted by atomic mass is 16.6. The van der Waals surface area contributed by atoms with Crippen LogP contribution in [0.3, 0.4) is 0 Å². The minimum absolute atomic E-state index is 0.00106. The molecule has 1 aromatic carbocycles. The molecule has 0 aromatic heterocycles. The molecule has 1 unspecified atom stereocenters. The molecular weight excluding hydrogens is 234 g/mol. The molecule has 2 N–H and O–H groups in total. The zero-order chi connectivity index (χ0) is 13.8. The molecule has 0 aliphatic rings. The quantitative estimate of drug-likeness (QED) is 0.614. The zero-order valence-corrected chi connectivity index (χ0v) is 10.3. The molecule has 96 valence electrons. The SMILES string of the molecule is CCC(C)(O)CNc1ccc([N+](=O)[O-])c(C#N)c1. The summed E-state index contributed by atoms with van der Waals surface area (Å²) in [5, 5.41) is 32.3. The Morgan fingerprint density at radius 1 is 1.61 bits per heavy atom. The predicted molar refractivity (Wildman–Crippen MR) is 67.2 cm³/mol. The normalized spacial score (nSPS) is 13.4. The van der Waals surface area contributed by atoms with Crippen LogP contribution in [-0.4, -0.2) is 22.2 Å². The summed E-state index contributed by atoms with van der Waals surface area (Å²) in [4.78, 5) is 10.1. The van der Waals surface area contributed by atoms with Crippen molar-refractivity contribution in [1.29, 1.82) is 5.26 Å². The summed E-state index contributed by atoms with van der Waals surface area (Å²) in [6.45, 7) is 3.86. The van der Waals surface area contributed by atoms with Gasteiger partial charge in [-0.15, -0.1) is 0 Å². The topological polar surface area (TPSA) is 99.2 Å². The Kier molecular flexibility index (Phi) is 4.23. The second-order valence-electron chi connectivity index (χ2n) is 4.30. The van der Waals surface area contributed by atoms with Crippen LogP contribution in [0.4, 0.5) is 11.4 Å². The van der Waals surface area contributed by atoms with Crippen molar-refractivity contribution < 1.29 is 10.0 Å². The highest BCUT2D eigenvalue weighted by Gasteiger charge is 2.18.